The quantitative estimate of drug-likeness (QED) is 0.754. The van der Waals surface area contributed by atoms with E-state index in [2.05, 4.69) is 49.9 Å². The van der Waals surface area contributed by atoms with Gasteiger partial charge in [-0.1, -0.05) is 44.2 Å². The molecule has 0 heterocycles. The molecule has 0 saturated carbocycles. The number of nitrogens with zero attached hydrogens (tertiary/aromatic N) is 1. The summed E-state index contributed by atoms with van der Waals surface area (Å²) in [6.07, 6.45) is 2.17. The summed E-state index contributed by atoms with van der Waals surface area (Å²) in [6.45, 7) is 8.41. The van der Waals surface area contributed by atoms with Crippen LogP contribution in [0.5, 0.6) is 0 Å². The van der Waals surface area contributed by atoms with Gasteiger partial charge < -0.3 is 10.5 Å². The second kappa shape index (κ2) is 9.11. The lowest BCUT2D eigenvalue weighted by atomic mass is 9.95. The second-order valence-electron chi connectivity index (χ2n) is 5.40. The predicted molar refractivity (Wildman–Crippen MR) is 85.8 cm³/mol. The highest BCUT2D eigenvalue weighted by Crippen LogP contribution is 2.23. The van der Waals surface area contributed by atoms with Crippen LogP contribution in [0.1, 0.15) is 45.2 Å². The van der Waals surface area contributed by atoms with E-state index in [0.29, 0.717) is 12.1 Å². The maximum absolute atomic E-state index is 6.53. The Kier molecular flexibility index (Phi) is 7.82. The Labute approximate surface area is 124 Å². The molecule has 1 rings (SSSR count). The fourth-order valence-corrected chi connectivity index (χ4v) is 2.74. The second-order valence-corrected chi connectivity index (χ2v) is 5.40. The van der Waals surface area contributed by atoms with Crippen LogP contribution in [-0.2, 0) is 4.74 Å². The molecule has 0 fully saturated rings. The van der Waals surface area contributed by atoms with Crippen molar-refractivity contribution in [2.75, 3.05) is 20.3 Å². The molecule has 0 spiro atoms. The summed E-state index contributed by atoms with van der Waals surface area (Å²) in [4.78, 5) is 2.50. The topological polar surface area (TPSA) is 38.5 Å². The molecule has 1 aromatic rings. The Morgan fingerprint density at radius 1 is 1.15 bits per heavy atom. The SMILES string of the molecule is CCC(C)N(CCOC)C(CC)C(N)c1ccccc1. The number of hydrogen-bond donors (Lipinski definition) is 1. The minimum absolute atomic E-state index is 0.0482. The van der Waals surface area contributed by atoms with Crippen molar-refractivity contribution in [1.82, 2.24) is 4.90 Å². The first kappa shape index (κ1) is 17.2. The van der Waals surface area contributed by atoms with Gasteiger partial charge in [0.25, 0.3) is 0 Å². The van der Waals surface area contributed by atoms with Gasteiger partial charge in [0, 0.05) is 31.8 Å². The van der Waals surface area contributed by atoms with Crippen LogP contribution in [-0.4, -0.2) is 37.2 Å². The number of hydrogen-bond acceptors (Lipinski definition) is 3. The molecular weight excluding hydrogens is 248 g/mol. The Balaban J connectivity index is 2.88. The molecule has 0 aromatic heterocycles. The van der Waals surface area contributed by atoms with Gasteiger partial charge in [-0.15, -0.1) is 0 Å². The summed E-state index contributed by atoms with van der Waals surface area (Å²) in [5.41, 5.74) is 7.75. The van der Waals surface area contributed by atoms with Gasteiger partial charge in [0.05, 0.1) is 6.61 Å². The van der Waals surface area contributed by atoms with E-state index in [0.717, 1.165) is 26.0 Å². The van der Waals surface area contributed by atoms with Crippen LogP contribution in [0.3, 0.4) is 0 Å². The molecular formula is C17H30N2O. The molecule has 1 aromatic carbocycles. The van der Waals surface area contributed by atoms with E-state index in [1.54, 1.807) is 7.11 Å². The van der Waals surface area contributed by atoms with Crippen LogP contribution >= 0.6 is 0 Å². The molecule has 114 valence electrons. The number of methoxy groups -OCH3 is 1. The van der Waals surface area contributed by atoms with E-state index in [4.69, 9.17) is 10.5 Å². The van der Waals surface area contributed by atoms with Crippen LogP contribution in [0, 0.1) is 0 Å². The number of nitrogens with two attached hydrogens (primary N) is 1. The average molecular weight is 278 g/mol. The van der Waals surface area contributed by atoms with Gasteiger partial charge in [0.15, 0.2) is 0 Å². The molecule has 2 N–H and O–H groups in total. The summed E-state index contributed by atoms with van der Waals surface area (Å²) in [7, 11) is 1.76. The van der Waals surface area contributed by atoms with Gasteiger partial charge in [-0.05, 0) is 25.3 Å². The normalized spacial score (nSPS) is 16.1. The van der Waals surface area contributed by atoms with Crippen LogP contribution < -0.4 is 5.73 Å². The van der Waals surface area contributed by atoms with Crippen molar-refractivity contribution < 1.29 is 4.74 Å². The monoisotopic (exact) mass is 278 g/mol. The predicted octanol–water partition coefficient (Wildman–Crippen LogP) is 3.21. The number of rotatable bonds is 9. The van der Waals surface area contributed by atoms with E-state index in [1.165, 1.54) is 5.56 Å². The molecule has 0 saturated heterocycles. The van der Waals surface area contributed by atoms with Crippen LogP contribution in [0.15, 0.2) is 30.3 Å². The van der Waals surface area contributed by atoms with Gasteiger partial charge in [0.1, 0.15) is 0 Å². The zero-order chi connectivity index (χ0) is 15.0. The summed E-state index contributed by atoms with van der Waals surface area (Å²) >= 11 is 0. The first-order valence-corrected chi connectivity index (χ1v) is 7.70. The lowest BCUT2D eigenvalue weighted by Gasteiger charge is -2.39. The zero-order valence-electron chi connectivity index (χ0n) is 13.4. The number of benzene rings is 1. The van der Waals surface area contributed by atoms with Crippen molar-refractivity contribution in [2.24, 2.45) is 5.73 Å². The summed E-state index contributed by atoms with van der Waals surface area (Å²) in [5.74, 6) is 0. The zero-order valence-corrected chi connectivity index (χ0v) is 13.4. The fourth-order valence-electron chi connectivity index (χ4n) is 2.74. The van der Waals surface area contributed by atoms with Gasteiger partial charge in [-0.25, -0.2) is 0 Å². The van der Waals surface area contributed by atoms with E-state index in [-0.39, 0.29) is 6.04 Å². The van der Waals surface area contributed by atoms with E-state index in [1.807, 2.05) is 6.07 Å². The third kappa shape index (κ3) is 4.58. The Morgan fingerprint density at radius 2 is 1.80 bits per heavy atom. The first-order valence-electron chi connectivity index (χ1n) is 7.70. The minimum Gasteiger partial charge on any atom is -0.383 e. The van der Waals surface area contributed by atoms with Crippen LogP contribution in [0.2, 0.25) is 0 Å². The van der Waals surface area contributed by atoms with Gasteiger partial charge >= 0.3 is 0 Å². The molecule has 3 unspecified atom stereocenters. The van der Waals surface area contributed by atoms with Gasteiger partial charge in [-0.2, -0.15) is 0 Å². The third-order valence-corrected chi connectivity index (χ3v) is 4.15. The standard InChI is InChI=1S/C17H30N2O/c1-5-14(3)19(12-13-20-4)16(6-2)17(18)15-10-8-7-9-11-15/h7-11,14,16-17H,5-6,12-13,18H2,1-4H3. The molecule has 0 bridgehead atoms. The Hall–Kier alpha value is -0.900. The largest absolute Gasteiger partial charge is 0.383 e. The summed E-state index contributed by atoms with van der Waals surface area (Å²) in [6, 6.07) is 11.3. The molecule has 3 heteroatoms. The summed E-state index contributed by atoms with van der Waals surface area (Å²) < 4.78 is 5.26. The van der Waals surface area contributed by atoms with Gasteiger partial charge in [-0.3, -0.25) is 4.90 Å². The van der Waals surface area contributed by atoms with Crippen molar-refractivity contribution in [3.63, 3.8) is 0 Å². The van der Waals surface area contributed by atoms with Crippen molar-refractivity contribution in [3.8, 4) is 0 Å². The van der Waals surface area contributed by atoms with Crippen LogP contribution in [0.25, 0.3) is 0 Å². The van der Waals surface area contributed by atoms with E-state index >= 15 is 0 Å². The third-order valence-electron chi connectivity index (χ3n) is 4.15. The van der Waals surface area contributed by atoms with E-state index < -0.39 is 0 Å². The van der Waals surface area contributed by atoms with Crippen molar-refractivity contribution in [2.45, 2.75) is 51.7 Å². The molecule has 0 radical (unpaired) electrons. The van der Waals surface area contributed by atoms with Crippen LogP contribution in [0.4, 0.5) is 0 Å². The van der Waals surface area contributed by atoms with E-state index in [9.17, 15) is 0 Å². The molecule has 20 heavy (non-hydrogen) atoms. The molecule has 0 aliphatic heterocycles. The fraction of sp³-hybridized carbons (Fsp3) is 0.647. The smallest absolute Gasteiger partial charge is 0.0589 e. The lowest BCUT2D eigenvalue weighted by Crippen LogP contribution is -2.48. The maximum Gasteiger partial charge on any atom is 0.0589 e. The average Bonchev–Trinajstić information content (AvgIpc) is 2.51. The molecule has 0 aliphatic carbocycles. The van der Waals surface area contributed by atoms with Crippen molar-refractivity contribution in [1.29, 1.82) is 0 Å². The molecule has 0 aliphatic rings. The summed E-state index contributed by atoms with van der Waals surface area (Å²) in [5, 5.41) is 0. The molecule has 3 nitrogen and oxygen atoms in total. The molecule has 3 atom stereocenters. The molecule has 0 amide bonds. The highest BCUT2D eigenvalue weighted by atomic mass is 16.5. The van der Waals surface area contributed by atoms with Crippen molar-refractivity contribution >= 4 is 0 Å². The maximum atomic E-state index is 6.53. The number of ether oxygens (including phenoxy) is 1. The van der Waals surface area contributed by atoms with Crippen molar-refractivity contribution in [3.05, 3.63) is 35.9 Å². The Bertz CT molecular complexity index is 355. The minimum atomic E-state index is 0.0482. The van der Waals surface area contributed by atoms with Gasteiger partial charge in [0.2, 0.25) is 0 Å². The lowest BCUT2D eigenvalue weighted by molar-refractivity contribution is 0.0745. The first-order chi connectivity index (χ1) is 9.65. The Morgan fingerprint density at radius 3 is 2.30 bits per heavy atom. The highest BCUT2D eigenvalue weighted by molar-refractivity contribution is 5.20. The highest BCUT2D eigenvalue weighted by Gasteiger charge is 2.27.